The third-order valence-corrected chi connectivity index (χ3v) is 1.93. The maximum Gasteiger partial charge on any atom is 0.191 e. The molecule has 0 fully saturated rings. The molecule has 0 bridgehead atoms. The maximum atomic E-state index is 2.17. The van der Waals surface area contributed by atoms with Crippen LogP contribution in [0.2, 0.25) is 0 Å². The SMILES string of the molecule is Br.[B](c1ccccc1)c1ccccc1. The summed E-state index contributed by atoms with van der Waals surface area (Å²) >= 11 is 0. The van der Waals surface area contributed by atoms with Gasteiger partial charge in [0.25, 0.3) is 0 Å². The average molecular weight is 246 g/mol. The van der Waals surface area contributed by atoms with Gasteiger partial charge >= 0.3 is 0 Å². The van der Waals surface area contributed by atoms with Gasteiger partial charge in [0, 0.05) is 0 Å². The second-order valence-electron chi connectivity index (χ2n) is 2.97. The smallest absolute Gasteiger partial charge is 0.114 e. The lowest BCUT2D eigenvalue weighted by Crippen LogP contribution is -2.26. The van der Waals surface area contributed by atoms with Crippen LogP contribution >= 0.6 is 17.0 Å². The normalized spacial score (nSPS) is 8.86. The highest BCUT2D eigenvalue weighted by atomic mass is 79.9. The number of halogens is 1. The van der Waals surface area contributed by atoms with Crippen LogP contribution in [0.25, 0.3) is 0 Å². The van der Waals surface area contributed by atoms with Crippen molar-refractivity contribution >= 4 is 35.2 Å². The molecule has 2 heteroatoms. The van der Waals surface area contributed by atoms with Gasteiger partial charge in [-0.1, -0.05) is 71.6 Å². The van der Waals surface area contributed by atoms with Crippen LogP contribution in [-0.2, 0) is 0 Å². The largest absolute Gasteiger partial charge is 0.191 e. The molecule has 0 spiro atoms. The first-order chi connectivity index (χ1) is 6.45. The Hall–Kier alpha value is -1.02. The van der Waals surface area contributed by atoms with Crippen LogP contribution in [0.5, 0.6) is 0 Å². The van der Waals surface area contributed by atoms with Crippen molar-refractivity contribution in [2.24, 2.45) is 0 Å². The second-order valence-corrected chi connectivity index (χ2v) is 2.97. The molecule has 0 atom stereocenters. The minimum absolute atomic E-state index is 0. The third kappa shape index (κ3) is 3.04. The molecule has 2 rings (SSSR count). The first kappa shape index (κ1) is 11.1. The van der Waals surface area contributed by atoms with Gasteiger partial charge in [-0.15, -0.1) is 17.0 Å². The molecule has 0 nitrogen and oxygen atoms in total. The zero-order valence-electron chi connectivity index (χ0n) is 7.76. The second kappa shape index (κ2) is 5.66. The van der Waals surface area contributed by atoms with Gasteiger partial charge in [0.15, 0.2) is 7.28 Å². The topological polar surface area (TPSA) is 0 Å². The van der Waals surface area contributed by atoms with E-state index in [1.54, 1.807) is 0 Å². The Bertz CT molecular complexity index is 321. The summed E-state index contributed by atoms with van der Waals surface area (Å²) in [5.41, 5.74) is 2.49. The van der Waals surface area contributed by atoms with Gasteiger partial charge in [0.2, 0.25) is 0 Å². The molecule has 1 radical (unpaired) electrons. The van der Waals surface area contributed by atoms with Crippen molar-refractivity contribution in [3.63, 3.8) is 0 Å². The molecule has 0 aliphatic carbocycles. The summed E-state index contributed by atoms with van der Waals surface area (Å²) in [6.45, 7) is 0. The Balaban J connectivity index is 0.000000980. The van der Waals surface area contributed by atoms with Crippen molar-refractivity contribution in [1.29, 1.82) is 0 Å². The van der Waals surface area contributed by atoms with Gasteiger partial charge in [0.05, 0.1) is 0 Å². The lowest BCUT2D eigenvalue weighted by molar-refractivity contribution is 1.75. The Kier molecular flexibility index (Phi) is 4.47. The Morgan fingerprint density at radius 1 is 0.571 bits per heavy atom. The van der Waals surface area contributed by atoms with Gasteiger partial charge in [-0.25, -0.2) is 0 Å². The zero-order valence-corrected chi connectivity index (χ0v) is 9.47. The summed E-state index contributed by atoms with van der Waals surface area (Å²) in [7, 11) is 2.17. The predicted molar refractivity (Wildman–Crippen MR) is 68.2 cm³/mol. The zero-order chi connectivity index (χ0) is 8.93. The van der Waals surface area contributed by atoms with Gasteiger partial charge in [0.1, 0.15) is 0 Å². The molecular formula is C12H11BBr. The molecule has 0 saturated carbocycles. The monoisotopic (exact) mass is 245 g/mol. The molecule has 0 aliphatic rings. The number of hydrogen-bond acceptors (Lipinski definition) is 0. The summed E-state index contributed by atoms with van der Waals surface area (Å²) in [5.74, 6) is 0. The maximum absolute atomic E-state index is 2.17. The Labute approximate surface area is 96.0 Å². The quantitative estimate of drug-likeness (QED) is 0.710. The van der Waals surface area contributed by atoms with E-state index in [9.17, 15) is 0 Å². The first-order valence-electron chi connectivity index (χ1n) is 4.40. The highest BCUT2D eigenvalue weighted by molar-refractivity contribution is 8.93. The first-order valence-corrected chi connectivity index (χ1v) is 4.40. The fourth-order valence-electron chi connectivity index (χ4n) is 1.29. The van der Waals surface area contributed by atoms with Crippen molar-refractivity contribution in [3.05, 3.63) is 60.7 Å². The van der Waals surface area contributed by atoms with Crippen LogP contribution in [0.1, 0.15) is 0 Å². The van der Waals surface area contributed by atoms with E-state index >= 15 is 0 Å². The van der Waals surface area contributed by atoms with Gasteiger partial charge in [-0.3, -0.25) is 0 Å². The molecular weight excluding hydrogens is 235 g/mol. The molecule has 14 heavy (non-hydrogen) atoms. The van der Waals surface area contributed by atoms with E-state index in [2.05, 4.69) is 55.8 Å². The van der Waals surface area contributed by atoms with E-state index in [0.29, 0.717) is 0 Å². The average Bonchev–Trinajstić information content (AvgIpc) is 2.21. The number of hydrogen-bond donors (Lipinski definition) is 0. The van der Waals surface area contributed by atoms with E-state index in [4.69, 9.17) is 0 Å². The van der Waals surface area contributed by atoms with E-state index in [1.807, 2.05) is 12.1 Å². The highest BCUT2D eigenvalue weighted by Gasteiger charge is 1.95. The molecule has 0 aromatic heterocycles. The molecule has 0 unspecified atom stereocenters. The van der Waals surface area contributed by atoms with E-state index in [-0.39, 0.29) is 17.0 Å². The Morgan fingerprint density at radius 2 is 0.929 bits per heavy atom. The van der Waals surface area contributed by atoms with E-state index in [0.717, 1.165) is 0 Å². The molecule has 0 aliphatic heterocycles. The fraction of sp³-hybridized carbons (Fsp3) is 0. The standard InChI is InChI=1S/C12H10B.BrH/c1-3-7-11(8-4-1)13-12-9-5-2-6-10-12;/h1-10H;1H. The summed E-state index contributed by atoms with van der Waals surface area (Å²) in [6.07, 6.45) is 0. The third-order valence-electron chi connectivity index (χ3n) is 1.93. The van der Waals surface area contributed by atoms with Crippen LogP contribution in [0.3, 0.4) is 0 Å². The number of rotatable bonds is 2. The van der Waals surface area contributed by atoms with Gasteiger partial charge in [-0.05, 0) is 0 Å². The summed E-state index contributed by atoms with van der Waals surface area (Å²) in [6, 6.07) is 20.7. The highest BCUT2D eigenvalue weighted by Crippen LogP contribution is 1.84. The fourth-order valence-corrected chi connectivity index (χ4v) is 1.29. The predicted octanol–water partition coefficient (Wildman–Crippen LogP) is 1.92. The number of benzene rings is 2. The van der Waals surface area contributed by atoms with Crippen LogP contribution in [0.4, 0.5) is 0 Å². The molecule has 69 valence electrons. The van der Waals surface area contributed by atoms with Crippen molar-refractivity contribution in [1.82, 2.24) is 0 Å². The minimum Gasteiger partial charge on any atom is -0.114 e. The van der Waals surface area contributed by atoms with Gasteiger partial charge < -0.3 is 0 Å². The molecule has 0 saturated heterocycles. The van der Waals surface area contributed by atoms with E-state index < -0.39 is 0 Å². The molecule has 2 aromatic rings. The summed E-state index contributed by atoms with van der Waals surface area (Å²) in [5, 5.41) is 0. The van der Waals surface area contributed by atoms with Crippen LogP contribution in [0, 0.1) is 0 Å². The summed E-state index contributed by atoms with van der Waals surface area (Å²) in [4.78, 5) is 0. The molecule has 2 aromatic carbocycles. The van der Waals surface area contributed by atoms with Crippen molar-refractivity contribution in [2.45, 2.75) is 0 Å². The lowest BCUT2D eigenvalue weighted by Gasteiger charge is -1.98. The van der Waals surface area contributed by atoms with Crippen molar-refractivity contribution in [3.8, 4) is 0 Å². The van der Waals surface area contributed by atoms with Crippen molar-refractivity contribution < 1.29 is 0 Å². The van der Waals surface area contributed by atoms with Crippen LogP contribution in [0.15, 0.2) is 60.7 Å². The van der Waals surface area contributed by atoms with Crippen LogP contribution < -0.4 is 10.9 Å². The summed E-state index contributed by atoms with van der Waals surface area (Å²) < 4.78 is 0. The van der Waals surface area contributed by atoms with Gasteiger partial charge in [-0.2, -0.15) is 0 Å². The molecule has 0 heterocycles. The Morgan fingerprint density at radius 3 is 1.29 bits per heavy atom. The lowest BCUT2D eigenvalue weighted by atomic mass is 9.64. The molecule has 0 amide bonds. The van der Waals surface area contributed by atoms with E-state index in [1.165, 1.54) is 10.9 Å². The van der Waals surface area contributed by atoms with Crippen molar-refractivity contribution in [2.75, 3.05) is 0 Å². The minimum atomic E-state index is 0. The molecule has 0 N–H and O–H groups in total. The van der Waals surface area contributed by atoms with Crippen LogP contribution in [-0.4, -0.2) is 7.28 Å².